The predicted molar refractivity (Wildman–Crippen MR) is 64.1 cm³/mol. The Balaban J connectivity index is 1.58. The van der Waals surface area contributed by atoms with Gasteiger partial charge in [0.1, 0.15) is 0 Å². The van der Waals surface area contributed by atoms with Gasteiger partial charge < -0.3 is 4.90 Å². The second-order valence-corrected chi connectivity index (χ2v) is 5.30. The molecule has 82 valence electrons. The second kappa shape index (κ2) is 5.47. The number of alkyl halides is 1. The molecule has 2 nitrogen and oxygen atoms in total. The summed E-state index contributed by atoms with van der Waals surface area (Å²) in [7, 11) is 0. The van der Waals surface area contributed by atoms with Gasteiger partial charge >= 0.3 is 0 Å². The fourth-order valence-electron chi connectivity index (χ4n) is 2.22. The fraction of sp³-hybridized carbons (Fsp3) is 1.00. The molecule has 0 radical (unpaired) electrons. The van der Waals surface area contributed by atoms with Crippen molar-refractivity contribution in [2.75, 3.05) is 38.1 Å². The van der Waals surface area contributed by atoms with Gasteiger partial charge in [-0.15, -0.1) is 0 Å². The highest BCUT2D eigenvalue weighted by atomic mass is 79.9. The van der Waals surface area contributed by atoms with Crippen LogP contribution < -0.4 is 0 Å². The highest BCUT2D eigenvalue weighted by Gasteiger charge is 2.30. The summed E-state index contributed by atoms with van der Waals surface area (Å²) in [6.07, 6.45) is 5.60. The molecule has 0 unspecified atom stereocenters. The Morgan fingerprint density at radius 3 is 2.29 bits per heavy atom. The van der Waals surface area contributed by atoms with Crippen molar-refractivity contribution in [1.29, 1.82) is 0 Å². The van der Waals surface area contributed by atoms with Gasteiger partial charge in [0, 0.05) is 37.6 Å². The Kier molecular flexibility index (Phi) is 4.26. The molecule has 2 aliphatic rings. The Morgan fingerprint density at radius 2 is 1.71 bits per heavy atom. The van der Waals surface area contributed by atoms with Crippen molar-refractivity contribution in [2.45, 2.75) is 31.7 Å². The van der Waals surface area contributed by atoms with Crippen LogP contribution in [0.1, 0.15) is 25.7 Å². The predicted octanol–water partition coefficient (Wildman–Crippen LogP) is 1.94. The third kappa shape index (κ3) is 3.21. The molecule has 1 heterocycles. The highest BCUT2D eigenvalue weighted by molar-refractivity contribution is 9.09. The van der Waals surface area contributed by atoms with Gasteiger partial charge in [-0.3, -0.25) is 4.90 Å². The first-order chi connectivity index (χ1) is 6.90. The molecular formula is C11H21BrN2. The zero-order valence-corrected chi connectivity index (χ0v) is 10.5. The first-order valence-corrected chi connectivity index (χ1v) is 7.04. The van der Waals surface area contributed by atoms with Crippen molar-refractivity contribution in [3.8, 4) is 0 Å². The Morgan fingerprint density at radius 1 is 1.00 bits per heavy atom. The Labute approximate surface area is 95.8 Å². The van der Waals surface area contributed by atoms with Gasteiger partial charge in [0.15, 0.2) is 0 Å². The summed E-state index contributed by atoms with van der Waals surface area (Å²) in [5.74, 6) is 0. The highest BCUT2D eigenvalue weighted by Crippen LogP contribution is 2.27. The third-order valence-corrected chi connectivity index (χ3v) is 3.89. The van der Waals surface area contributed by atoms with Crippen LogP contribution in [-0.4, -0.2) is 53.9 Å². The minimum absolute atomic E-state index is 0.972. The van der Waals surface area contributed by atoms with E-state index in [0.717, 1.165) is 11.4 Å². The zero-order chi connectivity index (χ0) is 9.80. The molecule has 0 aromatic carbocycles. The first kappa shape index (κ1) is 10.9. The largest absolute Gasteiger partial charge is 0.301 e. The van der Waals surface area contributed by atoms with Crippen molar-refractivity contribution in [3.63, 3.8) is 0 Å². The molecule has 2 rings (SSSR count). The van der Waals surface area contributed by atoms with Gasteiger partial charge in [0.05, 0.1) is 0 Å². The van der Waals surface area contributed by atoms with Crippen LogP contribution >= 0.6 is 15.9 Å². The molecule has 1 saturated carbocycles. The monoisotopic (exact) mass is 260 g/mol. The molecule has 0 atom stereocenters. The normalized spacial score (nSPS) is 25.5. The van der Waals surface area contributed by atoms with Crippen LogP contribution in [0.2, 0.25) is 0 Å². The maximum Gasteiger partial charge on any atom is 0.0113 e. The van der Waals surface area contributed by atoms with E-state index in [1.807, 2.05) is 0 Å². The van der Waals surface area contributed by atoms with Gasteiger partial charge in [0.2, 0.25) is 0 Å². The standard InChI is InChI=1S/C11H21BrN2/c12-5-1-2-6-13-7-9-14(10-8-13)11-3-4-11/h11H,1-10H2. The zero-order valence-electron chi connectivity index (χ0n) is 8.92. The average molecular weight is 261 g/mol. The summed E-state index contributed by atoms with van der Waals surface area (Å²) in [4.78, 5) is 5.31. The number of rotatable bonds is 5. The molecule has 3 heteroatoms. The molecule has 0 amide bonds. The third-order valence-electron chi connectivity index (χ3n) is 3.33. The topological polar surface area (TPSA) is 6.48 Å². The number of halogens is 1. The molecule has 1 saturated heterocycles. The van der Waals surface area contributed by atoms with Crippen LogP contribution in [0.25, 0.3) is 0 Å². The molecule has 1 aliphatic heterocycles. The summed E-state index contributed by atoms with van der Waals surface area (Å²) in [6.45, 7) is 6.56. The molecule has 0 spiro atoms. The molecule has 2 fully saturated rings. The summed E-state index contributed by atoms with van der Waals surface area (Å²) < 4.78 is 0. The van der Waals surface area contributed by atoms with Crippen molar-refractivity contribution in [2.24, 2.45) is 0 Å². The number of hydrogen-bond acceptors (Lipinski definition) is 2. The van der Waals surface area contributed by atoms with Crippen LogP contribution in [-0.2, 0) is 0 Å². The first-order valence-electron chi connectivity index (χ1n) is 5.92. The molecule has 14 heavy (non-hydrogen) atoms. The van der Waals surface area contributed by atoms with E-state index in [4.69, 9.17) is 0 Å². The van der Waals surface area contributed by atoms with E-state index >= 15 is 0 Å². The molecule has 0 aromatic rings. The lowest BCUT2D eigenvalue weighted by Crippen LogP contribution is -2.47. The van der Waals surface area contributed by atoms with Crippen LogP contribution in [0, 0.1) is 0 Å². The van der Waals surface area contributed by atoms with Crippen LogP contribution in [0.15, 0.2) is 0 Å². The second-order valence-electron chi connectivity index (χ2n) is 4.50. The Bertz CT molecular complexity index is 163. The van der Waals surface area contributed by atoms with Crippen molar-refractivity contribution >= 4 is 15.9 Å². The van der Waals surface area contributed by atoms with Crippen molar-refractivity contribution in [3.05, 3.63) is 0 Å². The van der Waals surface area contributed by atoms with E-state index in [2.05, 4.69) is 25.7 Å². The van der Waals surface area contributed by atoms with E-state index in [-0.39, 0.29) is 0 Å². The smallest absolute Gasteiger partial charge is 0.0113 e. The van der Waals surface area contributed by atoms with Crippen molar-refractivity contribution in [1.82, 2.24) is 9.80 Å². The maximum absolute atomic E-state index is 3.48. The van der Waals surface area contributed by atoms with Crippen LogP contribution in [0.4, 0.5) is 0 Å². The van der Waals surface area contributed by atoms with Gasteiger partial charge in [-0.1, -0.05) is 15.9 Å². The number of hydrogen-bond donors (Lipinski definition) is 0. The lowest BCUT2D eigenvalue weighted by atomic mass is 10.2. The van der Waals surface area contributed by atoms with Crippen molar-refractivity contribution < 1.29 is 0 Å². The average Bonchev–Trinajstić information content (AvgIpc) is 3.03. The van der Waals surface area contributed by atoms with Crippen LogP contribution in [0.5, 0.6) is 0 Å². The quantitative estimate of drug-likeness (QED) is 0.551. The van der Waals surface area contributed by atoms with Gasteiger partial charge in [0.25, 0.3) is 0 Å². The number of unbranched alkanes of at least 4 members (excludes halogenated alkanes) is 1. The van der Waals surface area contributed by atoms with Crippen LogP contribution in [0.3, 0.4) is 0 Å². The van der Waals surface area contributed by atoms with Gasteiger partial charge in [-0.05, 0) is 32.2 Å². The molecule has 1 aliphatic carbocycles. The minimum Gasteiger partial charge on any atom is -0.301 e. The minimum atomic E-state index is 0.972. The van der Waals surface area contributed by atoms with E-state index in [1.165, 1.54) is 58.4 Å². The van der Waals surface area contributed by atoms with E-state index in [9.17, 15) is 0 Å². The molecule has 0 N–H and O–H groups in total. The SMILES string of the molecule is BrCCCCN1CCN(C2CC2)CC1. The van der Waals surface area contributed by atoms with E-state index in [0.29, 0.717) is 0 Å². The Hall–Kier alpha value is 0.400. The molecule has 0 aromatic heterocycles. The number of piperazine rings is 1. The van der Waals surface area contributed by atoms with Gasteiger partial charge in [-0.25, -0.2) is 0 Å². The maximum atomic E-state index is 3.48. The lowest BCUT2D eigenvalue weighted by molar-refractivity contribution is 0.125. The summed E-state index contributed by atoms with van der Waals surface area (Å²) in [5, 5.41) is 1.16. The van der Waals surface area contributed by atoms with Gasteiger partial charge in [-0.2, -0.15) is 0 Å². The van der Waals surface area contributed by atoms with E-state index in [1.54, 1.807) is 0 Å². The molecular weight excluding hydrogens is 240 g/mol. The summed E-state index contributed by atoms with van der Waals surface area (Å²) in [5.41, 5.74) is 0. The molecule has 0 bridgehead atoms. The van der Waals surface area contributed by atoms with E-state index < -0.39 is 0 Å². The summed E-state index contributed by atoms with van der Waals surface area (Å²) >= 11 is 3.48. The number of nitrogens with zero attached hydrogens (tertiary/aromatic N) is 2. The fourth-order valence-corrected chi connectivity index (χ4v) is 2.62. The lowest BCUT2D eigenvalue weighted by Gasteiger charge is -2.34. The summed E-state index contributed by atoms with van der Waals surface area (Å²) in [6, 6.07) is 0.972.